The van der Waals surface area contributed by atoms with Gasteiger partial charge in [0.2, 0.25) is 0 Å². The first-order valence-corrected chi connectivity index (χ1v) is 8.06. The predicted molar refractivity (Wildman–Crippen MR) is 99.7 cm³/mol. The Morgan fingerprint density at radius 1 is 1.04 bits per heavy atom. The quantitative estimate of drug-likeness (QED) is 0.523. The highest BCUT2D eigenvalue weighted by atomic mass is 16.4. The Labute approximate surface area is 148 Å². The van der Waals surface area contributed by atoms with Crippen LogP contribution in [0.3, 0.4) is 0 Å². The molecule has 128 valence electrons. The van der Waals surface area contributed by atoms with Gasteiger partial charge in [0.1, 0.15) is 5.69 Å². The summed E-state index contributed by atoms with van der Waals surface area (Å²) in [4.78, 5) is 31.7. The van der Waals surface area contributed by atoms with E-state index < -0.39 is 11.9 Å². The van der Waals surface area contributed by atoms with Crippen LogP contribution in [0, 0.1) is 6.92 Å². The van der Waals surface area contributed by atoms with Gasteiger partial charge >= 0.3 is 5.97 Å². The van der Waals surface area contributed by atoms with Crippen LogP contribution < -0.4 is 5.32 Å². The standard InChI is InChI=1S/C20H15N3O3/c1-11-18-14(12-6-2-4-8-15(12)22-18)10-17(21-11)19(24)23-16-9-5-3-7-13(16)20(25)26/h2-10,22H,1H3,(H,23,24)(H,25,26). The second-order valence-electron chi connectivity index (χ2n) is 5.99. The van der Waals surface area contributed by atoms with Crippen LogP contribution in [-0.2, 0) is 0 Å². The fourth-order valence-electron chi connectivity index (χ4n) is 3.09. The molecule has 6 heteroatoms. The van der Waals surface area contributed by atoms with Crippen LogP contribution in [0.2, 0.25) is 0 Å². The smallest absolute Gasteiger partial charge is 0.337 e. The molecule has 0 unspecified atom stereocenters. The number of carbonyl (C=O) groups is 2. The number of anilines is 1. The predicted octanol–water partition coefficient (Wildman–Crippen LogP) is 3.98. The molecule has 2 heterocycles. The number of hydrogen-bond donors (Lipinski definition) is 3. The van der Waals surface area contributed by atoms with Gasteiger partial charge < -0.3 is 15.4 Å². The lowest BCUT2D eigenvalue weighted by molar-refractivity contribution is 0.0698. The number of carbonyl (C=O) groups excluding carboxylic acids is 1. The molecule has 0 aliphatic rings. The van der Waals surface area contributed by atoms with Gasteiger partial charge in [0.05, 0.1) is 22.5 Å². The first-order valence-electron chi connectivity index (χ1n) is 8.06. The molecule has 0 saturated heterocycles. The van der Waals surface area contributed by atoms with Gasteiger partial charge in [0.25, 0.3) is 5.91 Å². The Balaban J connectivity index is 1.78. The summed E-state index contributed by atoms with van der Waals surface area (Å²) in [6.07, 6.45) is 0. The van der Waals surface area contributed by atoms with Crippen molar-refractivity contribution in [1.82, 2.24) is 9.97 Å². The fraction of sp³-hybridized carbons (Fsp3) is 0.0500. The molecule has 0 aliphatic carbocycles. The molecule has 0 saturated carbocycles. The summed E-state index contributed by atoms with van der Waals surface area (Å²) in [6.45, 7) is 1.83. The molecule has 0 spiro atoms. The van der Waals surface area contributed by atoms with E-state index in [4.69, 9.17) is 0 Å². The van der Waals surface area contributed by atoms with Crippen molar-refractivity contribution in [2.24, 2.45) is 0 Å². The van der Waals surface area contributed by atoms with Crippen LogP contribution >= 0.6 is 0 Å². The van der Waals surface area contributed by atoms with Crippen molar-refractivity contribution >= 4 is 39.4 Å². The molecule has 0 bridgehead atoms. The van der Waals surface area contributed by atoms with Crippen molar-refractivity contribution in [1.29, 1.82) is 0 Å². The number of amides is 1. The Kier molecular flexibility index (Phi) is 3.65. The van der Waals surface area contributed by atoms with Gasteiger partial charge in [0.15, 0.2) is 0 Å². The second-order valence-corrected chi connectivity index (χ2v) is 5.99. The Morgan fingerprint density at radius 3 is 2.58 bits per heavy atom. The van der Waals surface area contributed by atoms with Crippen molar-refractivity contribution in [2.45, 2.75) is 6.92 Å². The van der Waals surface area contributed by atoms with Gasteiger partial charge in [-0.25, -0.2) is 9.78 Å². The summed E-state index contributed by atoms with van der Waals surface area (Å²) in [5.74, 6) is -1.55. The number of para-hydroxylation sites is 2. The van der Waals surface area contributed by atoms with Crippen LogP contribution in [0.25, 0.3) is 21.8 Å². The zero-order chi connectivity index (χ0) is 18.3. The molecule has 0 fully saturated rings. The van der Waals surface area contributed by atoms with Crippen LogP contribution in [0.1, 0.15) is 26.5 Å². The number of aromatic carboxylic acids is 1. The van der Waals surface area contributed by atoms with Gasteiger partial charge in [-0.05, 0) is 31.2 Å². The number of rotatable bonds is 3. The highest BCUT2D eigenvalue weighted by molar-refractivity contribution is 6.12. The maximum Gasteiger partial charge on any atom is 0.337 e. The zero-order valence-corrected chi connectivity index (χ0v) is 13.9. The van der Waals surface area contributed by atoms with E-state index in [0.717, 1.165) is 21.8 Å². The third-order valence-corrected chi connectivity index (χ3v) is 4.32. The largest absolute Gasteiger partial charge is 0.478 e. The van der Waals surface area contributed by atoms with Crippen LogP contribution in [-0.4, -0.2) is 27.0 Å². The molecular formula is C20H15N3O3. The molecule has 0 atom stereocenters. The average molecular weight is 345 g/mol. The van der Waals surface area contributed by atoms with Gasteiger partial charge in [-0.2, -0.15) is 0 Å². The molecule has 3 N–H and O–H groups in total. The van der Waals surface area contributed by atoms with E-state index in [1.165, 1.54) is 6.07 Å². The minimum atomic E-state index is -1.10. The maximum atomic E-state index is 12.7. The van der Waals surface area contributed by atoms with Gasteiger partial charge in [-0.3, -0.25) is 4.79 Å². The minimum Gasteiger partial charge on any atom is -0.478 e. The maximum absolute atomic E-state index is 12.7. The van der Waals surface area contributed by atoms with Crippen molar-refractivity contribution in [3.8, 4) is 0 Å². The van der Waals surface area contributed by atoms with Crippen molar-refractivity contribution in [3.63, 3.8) is 0 Å². The molecule has 1 amide bonds. The minimum absolute atomic E-state index is 0.0331. The highest BCUT2D eigenvalue weighted by Crippen LogP contribution is 2.27. The molecule has 2 aromatic heterocycles. The first kappa shape index (κ1) is 15.8. The third-order valence-electron chi connectivity index (χ3n) is 4.32. The SMILES string of the molecule is Cc1nc(C(=O)Nc2ccccc2C(=O)O)cc2c1[nH]c1ccccc12. The van der Waals surface area contributed by atoms with E-state index in [1.54, 1.807) is 24.3 Å². The number of carboxylic acids is 1. The van der Waals surface area contributed by atoms with Crippen molar-refractivity contribution in [2.75, 3.05) is 5.32 Å². The summed E-state index contributed by atoms with van der Waals surface area (Å²) < 4.78 is 0. The summed E-state index contributed by atoms with van der Waals surface area (Å²) in [7, 11) is 0. The topological polar surface area (TPSA) is 95.1 Å². The molecule has 6 nitrogen and oxygen atoms in total. The number of carboxylic acid groups (broad SMARTS) is 1. The number of pyridine rings is 1. The van der Waals surface area contributed by atoms with Crippen molar-refractivity contribution < 1.29 is 14.7 Å². The third kappa shape index (κ3) is 2.57. The second kappa shape index (κ2) is 6.00. The molecule has 0 radical (unpaired) electrons. The monoisotopic (exact) mass is 345 g/mol. The van der Waals surface area contributed by atoms with E-state index in [9.17, 15) is 14.7 Å². The zero-order valence-electron chi connectivity index (χ0n) is 13.9. The van der Waals surface area contributed by atoms with Gasteiger partial charge in [-0.1, -0.05) is 30.3 Å². The lowest BCUT2D eigenvalue weighted by Crippen LogP contribution is -2.16. The lowest BCUT2D eigenvalue weighted by Gasteiger charge is -2.08. The highest BCUT2D eigenvalue weighted by Gasteiger charge is 2.16. The number of benzene rings is 2. The number of hydrogen-bond acceptors (Lipinski definition) is 3. The van der Waals surface area contributed by atoms with Gasteiger partial charge in [-0.15, -0.1) is 0 Å². The summed E-state index contributed by atoms with van der Waals surface area (Å²) >= 11 is 0. The lowest BCUT2D eigenvalue weighted by atomic mass is 10.1. The number of fused-ring (bicyclic) bond motifs is 3. The van der Waals surface area contributed by atoms with Crippen LogP contribution in [0.4, 0.5) is 5.69 Å². The van der Waals surface area contributed by atoms with E-state index in [1.807, 2.05) is 31.2 Å². The Morgan fingerprint density at radius 2 is 1.77 bits per heavy atom. The summed E-state index contributed by atoms with van der Waals surface area (Å²) in [5, 5.41) is 13.8. The van der Waals surface area contributed by atoms with Gasteiger partial charge in [0, 0.05) is 16.3 Å². The van der Waals surface area contributed by atoms with E-state index in [2.05, 4.69) is 15.3 Å². The number of nitrogens with zero attached hydrogens (tertiary/aromatic N) is 1. The number of aromatic nitrogens is 2. The normalized spacial score (nSPS) is 11.0. The van der Waals surface area contributed by atoms with Crippen molar-refractivity contribution in [3.05, 3.63) is 71.5 Å². The first-order chi connectivity index (χ1) is 12.5. The summed E-state index contributed by atoms with van der Waals surface area (Å²) in [6, 6.07) is 15.8. The summed E-state index contributed by atoms with van der Waals surface area (Å²) in [5.41, 5.74) is 3.07. The number of aryl methyl sites for hydroxylation is 1. The molecule has 2 aromatic carbocycles. The van der Waals surface area contributed by atoms with Crippen LogP contribution in [0.15, 0.2) is 54.6 Å². The molecule has 4 rings (SSSR count). The van der Waals surface area contributed by atoms with Crippen LogP contribution in [0.5, 0.6) is 0 Å². The molecule has 0 aliphatic heterocycles. The number of nitrogens with one attached hydrogen (secondary N) is 2. The Bertz CT molecular complexity index is 1180. The Hall–Kier alpha value is -3.67. The number of H-pyrrole nitrogens is 1. The van der Waals surface area contributed by atoms with E-state index in [-0.39, 0.29) is 16.9 Å². The van der Waals surface area contributed by atoms with E-state index in [0.29, 0.717) is 5.69 Å². The number of aromatic amines is 1. The molecular weight excluding hydrogens is 330 g/mol. The molecule has 26 heavy (non-hydrogen) atoms. The average Bonchev–Trinajstić information content (AvgIpc) is 3.01. The molecule has 4 aromatic rings. The fourth-order valence-corrected chi connectivity index (χ4v) is 3.09. The van der Waals surface area contributed by atoms with E-state index >= 15 is 0 Å².